The van der Waals surface area contributed by atoms with E-state index in [9.17, 15) is 13.2 Å². The van der Waals surface area contributed by atoms with Gasteiger partial charge in [0, 0.05) is 44.3 Å². The van der Waals surface area contributed by atoms with Crippen LogP contribution in [0.4, 0.5) is 24.8 Å². The van der Waals surface area contributed by atoms with E-state index in [1.807, 2.05) is 11.9 Å². The molecule has 8 heteroatoms. The average Bonchev–Trinajstić information content (AvgIpc) is 2.67. The van der Waals surface area contributed by atoms with Crippen molar-refractivity contribution in [1.82, 2.24) is 9.97 Å². The maximum absolute atomic E-state index is 13.5. The molecule has 0 aliphatic carbocycles. The Bertz CT molecular complexity index is 801. The summed E-state index contributed by atoms with van der Waals surface area (Å²) in [6, 6.07) is 7.24. The molecule has 0 bridgehead atoms. The molecule has 1 aliphatic rings. The number of hydrogen-bond donors (Lipinski definition) is 0. The van der Waals surface area contributed by atoms with Crippen LogP contribution in [-0.2, 0) is 6.18 Å². The van der Waals surface area contributed by atoms with Crippen molar-refractivity contribution in [3.8, 4) is 6.07 Å². The Morgan fingerprint density at radius 1 is 1.27 bits per heavy atom. The van der Waals surface area contributed by atoms with Crippen molar-refractivity contribution in [2.45, 2.75) is 25.1 Å². The van der Waals surface area contributed by atoms with Crippen LogP contribution in [-0.4, -0.2) is 36.1 Å². The van der Waals surface area contributed by atoms with Crippen LogP contribution in [0, 0.1) is 11.3 Å². The van der Waals surface area contributed by atoms with Crippen molar-refractivity contribution in [1.29, 1.82) is 5.26 Å². The zero-order valence-corrected chi connectivity index (χ0v) is 14.2. The van der Waals surface area contributed by atoms with Gasteiger partial charge in [-0.25, -0.2) is 9.97 Å². The van der Waals surface area contributed by atoms with Gasteiger partial charge in [-0.2, -0.15) is 18.4 Å². The van der Waals surface area contributed by atoms with Gasteiger partial charge in [-0.05, 0) is 37.1 Å². The standard InChI is InChI=1S/C18H18F3N5/c1-25(17-23-7-3-8-24-17)14-4-2-9-26(12-14)16-6-5-13(11-22)10-15(16)18(19,20)21/h3,5-8,10,14H,2,4,9,12H2,1H3. The Kier molecular flexibility index (Phi) is 4.98. The lowest BCUT2D eigenvalue weighted by atomic mass is 10.0. The van der Waals surface area contributed by atoms with Gasteiger partial charge in [-0.3, -0.25) is 0 Å². The Morgan fingerprint density at radius 3 is 2.65 bits per heavy atom. The van der Waals surface area contributed by atoms with E-state index < -0.39 is 11.7 Å². The molecule has 0 saturated carbocycles. The van der Waals surface area contributed by atoms with Crippen LogP contribution >= 0.6 is 0 Å². The summed E-state index contributed by atoms with van der Waals surface area (Å²) >= 11 is 0. The maximum atomic E-state index is 13.5. The van der Waals surface area contributed by atoms with Gasteiger partial charge in [0.1, 0.15) is 0 Å². The number of rotatable bonds is 3. The molecule has 1 unspecified atom stereocenters. The number of benzene rings is 1. The molecule has 2 heterocycles. The first-order chi connectivity index (χ1) is 12.4. The van der Waals surface area contributed by atoms with E-state index in [0.29, 0.717) is 19.0 Å². The summed E-state index contributed by atoms with van der Waals surface area (Å²) in [6.07, 6.45) is 0.384. The fourth-order valence-corrected chi connectivity index (χ4v) is 3.23. The number of nitrogens with zero attached hydrogens (tertiary/aromatic N) is 5. The molecule has 3 rings (SSSR count). The second-order valence-electron chi connectivity index (χ2n) is 6.24. The van der Waals surface area contributed by atoms with Gasteiger partial charge < -0.3 is 9.80 Å². The third-order valence-corrected chi connectivity index (χ3v) is 4.58. The number of likely N-dealkylation sites (N-methyl/N-ethyl adjacent to an activating group) is 1. The molecule has 1 atom stereocenters. The zero-order chi connectivity index (χ0) is 18.7. The Morgan fingerprint density at radius 2 is 2.00 bits per heavy atom. The number of nitriles is 1. The highest BCUT2D eigenvalue weighted by Crippen LogP contribution is 2.38. The number of piperidine rings is 1. The molecule has 26 heavy (non-hydrogen) atoms. The van der Waals surface area contributed by atoms with Crippen molar-refractivity contribution in [3.05, 3.63) is 47.8 Å². The van der Waals surface area contributed by atoms with Gasteiger partial charge in [0.2, 0.25) is 5.95 Å². The first-order valence-corrected chi connectivity index (χ1v) is 8.26. The first-order valence-electron chi connectivity index (χ1n) is 8.26. The largest absolute Gasteiger partial charge is 0.418 e. The molecule has 1 aromatic heterocycles. The topological polar surface area (TPSA) is 56.1 Å². The second kappa shape index (κ2) is 7.20. The number of aromatic nitrogens is 2. The fraction of sp³-hybridized carbons (Fsp3) is 0.389. The summed E-state index contributed by atoms with van der Waals surface area (Å²) < 4.78 is 40.4. The summed E-state index contributed by atoms with van der Waals surface area (Å²) in [6.45, 7) is 0.971. The predicted molar refractivity (Wildman–Crippen MR) is 91.8 cm³/mol. The molecule has 0 radical (unpaired) electrons. The van der Waals surface area contributed by atoms with Crippen molar-refractivity contribution >= 4 is 11.6 Å². The predicted octanol–water partition coefficient (Wildman–Crippen LogP) is 3.47. The van der Waals surface area contributed by atoms with E-state index in [2.05, 4.69) is 9.97 Å². The lowest BCUT2D eigenvalue weighted by Crippen LogP contribution is -2.47. The highest BCUT2D eigenvalue weighted by molar-refractivity contribution is 5.58. The number of anilines is 2. The lowest BCUT2D eigenvalue weighted by Gasteiger charge is -2.39. The molecule has 5 nitrogen and oxygen atoms in total. The van der Waals surface area contributed by atoms with Crippen molar-refractivity contribution in [2.75, 3.05) is 29.9 Å². The number of alkyl halides is 3. The fourth-order valence-electron chi connectivity index (χ4n) is 3.23. The summed E-state index contributed by atoms with van der Waals surface area (Å²) in [5.74, 6) is 0.551. The molecule has 1 aliphatic heterocycles. The third-order valence-electron chi connectivity index (χ3n) is 4.58. The van der Waals surface area contributed by atoms with Crippen LogP contribution < -0.4 is 9.80 Å². The SMILES string of the molecule is CN(c1ncccn1)C1CCCN(c2ccc(C#N)cc2C(F)(F)F)C1. The Balaban J connectivity index is 1.87. The summed E-state index contributed by atoms with van der Waals surface area (Å²) in [5, 5.41) is 8.92. The van der Waals surface area contributed by atoms with Gasteiger partial charge in [-0.15, -0.1) is 0 Å². The molecule has 0 amide bonds. The smallest absolute Gasteiger partial charge is 0.369 e. The van der Waals surface area contributed by atoms with Gasteiger partial charge in [0.25, 0.3) is 0 Å². The van der Waals surface area contributed by atoms with E-state index >= 15 is 0 Å². The molecule has 0 spiro atoms. The second-order valence-corrected chi connectivity index (χ2v) is 6.24. The average molecular weight is 361 g/mol. The quantitative estimate of drug-likeness (QED) is 0.838. The lowest BCUT2D eigenvalue weighted by molar-refractivity contribution is -0.137. The van der Waals surface area contributed by atoms with E-state index in [1.54, 1.807) is 29.4 Å². The zero-order valence-electron chi connectivity index (χ0n) is 14.2. The van der Waals surface area contributed by atoms with Gasteiger partial charge in [0.15, 0.2) is 0 Å². The summed E-state index contributed by atoms with van der Waals surface area (Å²) in [4.78, 5) is 12.1. The van der Waals surface area contributed by atoms with Crippen molar-refractivity contribution < 1.29 is 13.2 Å². The Labute approximate surface area is 149 Å². The van der Waals surface area contributed by atoms with Gasteiger partial charge in [0.05, 0.1) is 17.2 Å². The van der Waals surface area contributed by atoms with Crippen LogP contribution in [0.15, 0.2) is 36.7 Å². The van der Waals surface area contributed by atoms with E-state index in [-0.39, 0.29) is 17.3 Å². The third kappa shape index (κ3) is 3.72. The van der Waals surface area contributed by atoms with E-state index in [0.717, 1.165) is 18.9 Å². The molecule has 2 aromatic rings. The first kappa shape index (κ1) is 18.0. The Hall–Kier alpha value is -2.82. The van der Waals surface area contributed by atoms with Crippen molar-refractivity contribution in [2.24, 2.45) is 0 Å². The van der Waals surface area contributed by atoms with Crippen LogP contribution in [0.3, 0.4) is 0 Å². The normalized spacial score (nSPS) is 17.7. The highest BCUT2D eigenvalue weighted by Gasteiger charge is 2.36. The van der Waals surface area contributed by atoms with Crippen LogP contribution in [0.1, 0.15) is 24.0 Å². The summed E-state index contributed by atoms with van der Waals surface area (Å²) in [5.41, 5.74) is -0.649. The minimum absolute atomic E-state index is 0.00266. The molecule has 1 aromatic carbocycles. The van der Waals surface area contributed by atoms with Crippen LogP contribution in [0.5, 0.6) is 0 Å². The summed E-state index contributed by atoms with van der Waals surface area (Å²) in [7, 11) is 1.85. The van der Waals surface area contributed by atoms with Crippen LogP contribution in [0.2, 0.25) is 0 Å². The number of halogens is 3. The molecule has 1 fully saturated rings. The molecular weight excluding hydrogens is 343 g/mol. The minimum atomic E-state index is -4.51. The van der Waals surface area contributed by atoms with E-state index in [1.165, 1.54) is 12.1 Å². The van der Waals surface area contributed by atoms with Gasteiger partial charge in [-0.1, -0.05) is 0 Å². The monoisotopic (exact) mass is 361 g/mol. The van der Waals surface area contributed by atoms with Crippen LogP contribution in [0.25, 0.3) is 0 Å². The minimum Gasteiger partial charge on any atom is -0.369 e. The molecular formula is C18H18F3N5. The number of hydrogen-bond acceptors (Lipinski definition) is 5. The maximum Gasteiger partial charge on any atom is 0.418 e. The molecule has 136 valence electrons. The van der Waals surface area contributed by atoms with E-state index in [4.69, 9.17) is 5.26 Å². The highest BCUT2D eigenvalue weighted by atomic mass is 19.4. The van der Waals surface area contributed by atoms with Gasteiger partial charge >= 0.3 is 6.18 Å². The van der Waals surface area contributed by atoms with Crippen molar-refractivity contribution in [3.63, 3.8) is 0 Å². The molecule has 1 saturated heterocycles. The molecule has 0 N–H and O–H groups in total.